The van der Waals surface area contributed by atoms with Gasteiger partial charge in [-0.3, -0.25) is 4.79 Å². The van der Waals surface area contributed by atoms with Crippen LogP contribution < -0.4 is 5.73 Å². The quantitative estimate of drug-likeness (QED) is 0.853. The van der Waals surface area contributed by atoms with Gasteiger partial charge in [0.05, 0.1) is 11.0 Å². The molecule has 0 aliphatic carbocycles. The molecule has 2 aromatic rings. The smallest absolute Gasteiger partial charge is 0.267 e. The number of hydrogen-bond donors (Lipinski definition) is 2. The van der Waals surface area contributed by atoms with Crippen LogP contribution in [0.2, 0.25) is 0 Å². The maximum Gasteiger partial charge on any atom is 0.267 e. The molecule has 0 aromatic carbocycles. The fourth-order valence-corrected chi connectivity index (χ4v) is 2.37. The first kappa shape index (κ1) is 11.2. The number of carbonyl (C=O) groups excluding carboxylic acids is 1. The van der Waals surface area contributed by atoms with Gasteiger partial charge in [-0.25, -0.2) is 4.98 Å². The molecule has 3 rings (SSSR count). The van der Waals surface area contributed by atoms with Crippen molar-refractivity contribution in [2.75, 3.05) is 13.2 Å². The van der Waals surface area contributed by atoms with Gasteiger partial charge in [-0.15, -0.1) is 0 Å². The van der Waals surface area contributed by atoms with Gasteiger partial charge in [-0.1, -0.05) is 0 Å². The molecular weight excluding hydrogens is 230 g/mol. The number of nitrogens with two attached hydrogens (primary N) is 1. The Balaban J connectivity index is 1.87. The largest absolute Gasteiger partial charge is 0.381 e. The average molecular weight is 245 g/mol. The van der Waals surface area contributed by atoms with Crippen molar-refractivity contribution in [1.29, 1.82) is 0 Å². The van der Waals surface area contributed by atoms with Gasteiger partial charge < -0.3 is 15.5 Å². The summed E-state index contributed by atoms with van der Waals surface area (Å²) in [6.07, 6.45) is 2.07. The van der Waals surface area contributed by atoms with Crippen LogP contribution in [-0.4, -0.2) is 29.1 Å². The molecule has 0 saturated carbocycles. The first-order valence-electron chi connectivity index (χ1n) is 6.08. The highest BCUT2D eigenvalue weighted by Crippen LogP contribution is 2.20. The minimum atomic E-state index is -0.496. The van der Waals surface area contributed by atoms with Gasteiger partial charge in [-0.05, 0) is 37.0 Å². The van der Waals surface area contributed by atoms with Crippen molar-refractivity contribution in [2.45, 2.75) is 12.8 Å². The predicted octanol–water partition coefficient (Wildman–Crippen LogP) is 1.24. The van der Waals surface area contributed by atoms with E-state index in [0.29, 0.717) is 11.6 Å². The van der Waals surface area contributed by atoms with Crippen molar-refractivity contribution in [3.63, 3.8) is 0 Å². The summed E-state index contributed by atoms with van der Waals surface area (Å²) in [6.45, 7) is 1.68. The summed E-state index contributed by atoms with van der Waals surface area (Å²) in [7, 11) is 0. The van der Waals surface area contributed by atoms with Gasteiger partial charge in [0.1, 0.15) is 5.69 Å². The standard InChI is InChI=1S/C13H15N3O2/c14-13(17)11-2-1-10-12(16-11)6-9(15-10)5-8-3-4-18-7-8/h1-2,6,8,15H,3-5,7H2,(H2,14,17). The van der Waals surface area contributed by atoms with Crippen LogP contribution in [0, 0.1) is 5.92 Å². The van der Waals surface area contributed by atoms with Crippen molar-refractivity contribution in [2.24, 2.45) is 11.7 Å². The second-order valence-electron chi connectivity index (χ2n) is 4.72. The van der Waals surface area contributed by atoms with Gasteiger partial charge in [0.15, 0.2) is 0 Å². The van der Waals surface area contributed by atoms with Crippen LogP contribution in [0.25, 0.3) is 11.0 Å². The maximum absolute atomic E-state index is 11.1. The Hall–Kier alpha value is -1.88. The molecule has 2 aromatic heterocycles. The number of hydrogen-bond acceptors (Lipinski definition) is 3. The van der Waals surface area contributed by atoms with Gasteiger partial charge in [0.25, 0.3) is 5.91 Å². The Labute approximate surface area is 104 Å². The molecule has 5 nitrogen and oxygen atoms in total. The van der Waals surface area contributed by atoms with E-state index in [1.165, 1.54) is 0 Å². The number of aromatic nitrogens is 2. The number of ether oxygens (including phenoxy) is 1. The Morgan fingerprint density at radius 3 is 3.17 bits per heavy atom. The molecule has 1 unspecified atom stereocenters. The average Bonchev–Trinajstić information content (AvgIpc) is 2.96. The van der Waals surface area contributed by atoms with E-state index < -0.39 is 5.91 Å². The molecule has 18 heavy (non-hydrogen) atoms. The van der Waals surface area contributed by atoms with Crippen LogP contribution in [0.3, 0.4) is 0 Å². The van der Waals surface area contributed by atoms with Crippen LogP contribution in [0.5, 0.6) is 0 Å². The SMILES string of the molecule is NC(=O)c1ccc2[nH]c(CC3CCOC3)cc2n1. The lowest BCUT2D eigenvalue weighted by molar-refractivity contribution is 0.0996. The molecule has 1 amide bonds. The minimum absolute atomic E-state index is 0.303. The lowest BCUT2D eigenvalue weighted by atomic mass is 10.0. The fraction of sp³-hybridized carbons (Fsp3) is 0.385. The number of amides is 1. The topological polar surface area (TPSA) is 81.0 Å². The van der Waals surface area contributed by atoms with Crippen LogP contribution >= 0.6 is 0 Å². The third-order valence-corrected chi connectivity index (χ3v) is 3.32. The number of aromatic amines is 1. The summed E-state index contributed by atoms with van der Waals surface area (Å²) in [5.74, 6) is 0.0810. The molecule has 0 spiro atoms. The molecular formula is C13H15N3O2. The highest BCUT2D eigenvalue weighted by molar-refractivity contribution is 5.93. The van der Waals surface area contributed by atoms with Crippen molar-refractivity contribution in [3.05, 3.63) is 29.6 Å². The zero-order valence-electron chi connectivity index (χ0n) is 9.98. The van der Waals surface area contributed by atoms with Crippen molar-refractivity contribution in [3.8, 4) is 0 Å². The number of nitrogens with zero attached hydrogens (tertiary/aromatic N) is 1. The molecule has 1 fully saturated rings. The van der Waals surface area contributed by atoms with E-state index in [9.17, 15) is 4.79 Å². The molecule has 5 heteroatoms. The summed E-state index contributed by atoms with van der Waals surface area (Å²) < 4.78 is 5.36. The number of carbonyl (C=O) groups is 1. The minimum Gasteiger partial charge on any atom is -0.381 e. The number of primary amides is 1. The van der Waals surface area contributed by atoms with Crippen LogP contribution in [0.15, 0.2) is 18.2 Å². The first-order chi connectivity index (χ1) is 8.72. The predicted molar refractivity (Wildman–Crippen MR) is 67.2 cm³/mol. The van der Waals surface area contributed by atoms with Crippen molar-refractivity contribution < 1.29 is 9.53 Å². The monoisotopic (exact) mass is 245 g/mol. The number of fused-ring (bicyclic) bond motifs is 1. The van der Waals surface area contributed by atoms with Crippen LogP contribution in [0.4, 0.5) is 0 Å². The van der Waals surface area contributed by atoms with E-state index >= 15 is 0 Å². The van der Waals surface area contributed by atoms with Crippen LogP contribution in [0.1, 0.15) is 22.6 Å². The Morgan fingerprint density at radius 1 is 1.56 bits per heavy atom. The molecule has 1 aliphatic heterocycles. The summed E-state index contributed by atoms with van der Waals surface area (Å²) in [5, 5.41) is 0. The lowest BCUT2D eigenvalue weighted by Crippen LogP contribution is -2.12. The second-order valence-corrected chi connectivity index (χ2v) is 4.72. The van der Waals surface area contributed by atoms with Crippen LogP contribution in [-0.2, 0) is 11.2 Å². The third-order valence-electron chi connectivity index (χ3n) is 3.32. The first-order valence-corrected chi connectivity index (χ1v) is 6.08. The lowest BCUT2D eigenvalue weighted by Gasteiger charge is -2.03. The van der Waals surface area contributed by atoms with E-state index in [1.54, 1.807) is 6.07 Å². The normalized spacial score (nSPS) is 19.4. The molecule has 0 radical (unpaired) electrons. The van der Waals surface area contributed by atoms with E-state index in [1.807, 2.05) is 12.1 Å². The Bertz CT molecular complexity index is 585. The van der Waals surface area contributed by atoms with E-state index in [2.05, 4.69) is 9.97 Å². The Kier molecular flexibility index (Phi) is 2.76. The molecule has 1 aliphatic rings. The number of H-pyrrole nitrogens is 1. The number of rotatable bonds is 3. The summed E-state index contributed by atoms with van der Waals surface area (Å²) >= 11 is 0. The highest BCUT2D eigenvalue weighted by atomic mass is 16.5. The molecule has 1 saturated heterocycles. The zero-order chi connectivity index (χ0) is 12.5. The van der Waals surface area contributed by atoms with Gasteiger partial charge in [-0.2, -0.15) is 0 Å². The second kappa shape index (κ2) is 4.42. The maximum atomic E-state index is 11.1. The third kappa shape index (κ3) is 2.09. The van der Waals surface area contributed by atoms with Crippen molar-refractivity contribution in [1.82, 2.24) is 9.97 Å². The van der Waals surface area contributed by atoms with Gasteiger partial charge in [0, 0.05) is 18.9 Å². The van der Waals surface area contributed by atoms with E-state index in [-0.39, 0.29) is 0 Å². The summed E-state index contributed by atoms with van der Waals surface area (Å²) in [5.41, 5.74) is 8.38. The van der Waals surface area contributed by atoms with Gasteiger partial charge >= 0.3 is 0 Å². The fourth-order valence-electron chi connectivity index (χ4n) is 2.37. The summed E-state index contributed by atoms with van der Waals surface area (Å²) in [6, 6.07) is 5.47. The number of nitrogens with one attached hydrogen (secondary N) is 1. The molecule has 94 valence electrons. The van der Waals surface area contributed by atoms with Crippen molar-refractivity contribution >= 4 is 16.9 Å². The Morgan fingerprint density at radius 2 is 2.44 bits per heavy atom. The summed E-state index contributed by atoms with van der Waals surface area (Å²) in [4.78, 5) is 18.6. The van der Waals surface area contributed by atoms with Gasteiger partial charge in [0.2, 0.25) is 0 Å². The molecule has 3 heterocycles. The highest BCUT2D eigenvalue weighted by Gasteiger charge is 2.17. The molecule has 3 N–H and O–H groups in total. The molecule has 1 atom stereocenters. The van der Waals surface area contributed by atoms with E-state index in [4.69, 9.17) is 10.5 Å². The molecule has 0 bridgehead atoms. The van der Waals surface area contributed by atoms with E-state index in [0.717, 1.165) is 42.8 Å². The number of pyridine rings is 1. The zero-order valence-corrected chi connectivity index (χ0v) is 9.98.